The summed E-state index contributed by atoms with van der Waals surface area (Å²) in [5, 5.41) is 0. The van der Waals surface area contributed by atoms with E-state index in [2.05, 4.69) is 15.9 Å². The molecule has 3 unspecified atom stereocenters. The summed E-state index contributed by atoms with van der Waals surface area (Å²) in [6.45, 7) is 2.05. The molecule has 0 radical (unpaired) electrons. The topological polar surface area (TPSA) is 26.3 Å². The Morgan fingerprint density at radius 3 is 3.09 bits per heavy atom. The summed E-state index contributed by atoms with van der Waals surface area (Å²) in [7, 11) is 0. The van der Waals surface area contributed by atoms with Gasteiger partial charge in [-0.05, 0) is 19.8 Å². The summed E-state index contributed by atoms with van der Waals surface area (Å²) in [5.41, 5.74) is -0.148. The molecule has 0 bridgehead atoms. The van der Waals surface area contributed by atoms with Crippen LogP contribution in [0, 0.1) is 5.92 Å². The van der Waals surface area contributed by atoms with Gasteiger partial charge in [0.25, 0.3) is 0 Å². The lowest BCUT2D eigenvalue weighted by molar-refractivity contribution is -0.147. The summed E-state index contributed by atoms with van der Waals surface area (Å²) < 4.78 is 5.27. The van der Waals surface area contributed by atoms with E-state index in [-0.39, 0.29) is 11.6 Å². The van der Waals surface area contributed by atoms with Crippen LogP contribution in [0.15, 0.2) is 0 Å². The molecule has 11 heavy (non-hydrogen) atoms. The van der Waals surface area contributed by atoms with E-state index in [4.69, 9.17) is 4.74 Å². The number of hydrogen-bond donors (Lipinski definition) is 0. The highest BCUT2D eigenvalue weighted by molar-refractivity contribution is 9.09. The van der Waals surface area contributed by atoms with Gasteiger partial charge in [0.05, 0.1) is 6.42 Å². The van der Waals surface area contributed by atoms with Crippen molar-refractivity contribution in [3.8, 4) is 0 Å². The first-order chi connectivity index (χ1) is 5.10. The van der Waals surface area contributed by atoms with E-state index in [0.29, 0.717) is 17.2 Å². The number of carbonyl (C=O) groups excluding carboxylic acids is 1. The van der Waals surface area contributed by atoms with Crippen molar-refractivity contribution in [1.82, 2.24) is 0 Å². The molecule has 62 valence electrons. The number of ether oxygens (including phenoxy) is 1. The Hall–Kier alpha value is -0.0500. The molecule has 0 N–H and O–H groups in total. The van der Waals surface area contributed by atoms with Crippen molar-refractivity contribution in [2.24, 2.45) is 5.92 Å². The monoisotopic (exact) mass is 218 g/mol. The lowest BCUT2D eigenvalue weighted by atomic mass is 9.93. The first-order valence-electron chi connectivity index (χ1n) is 3.96. The summed E-state index contributed by atoms with van der Waals surface area (Å²) >= 11 is 3.56. The van der Waals surface area contributed by atoms with Gasteiger partial charge < -0.3 is 4.74 Å². The number of rotatable bonds is 0. The molecule has 0 aromatic rings. The molecule has 2 nitrogen and oxygen atoms in total. The summed E-state index contributed by atoms with van der Waals surface area (Å²) in [6.07, 6.45) is 2.68. The van der Waals surface area contributed by atoms with Crippen LogP contribution >= 0.6 is 15.9 Å². The molecule has 2 fully saturated rings. The molecule has 2 aliphatic rings. The Morgan fingerprint density at radius 1 is 1.73 bits per heavy atom. The van der Waals surface area contributed by atoms with Crippen LogP contribution in [0.25, 0.3) is 0 Å². The average Bonchev–Trinajstić information content (AvgIpc) is 2.16. The van der Waals surface area contributed by atoms with Crippen molar-refractivity contribution in [1.29, 1.82) is 0 Å². The van der Waals surface area contributed by atoms with Crippen molar-refractivity contribution in [2.45, 2.75) is 36.6 Å². The van der Waals surface area contributed by atoms with E-state index in [9.17, 15) is 4.79 Å². The van der Waals surface area contributed by atoms with Crippen LogP contribution in [-0.4, -0.2) is 16.4 Å². The van der Waals surface area contributed by atoms with E-state index in [1.807, 2.05) is 6.92 Å². The standard InChI is InChI=1S/C8H11BrO2/c1-8-4-6(9)2-5(8)3-7(10)11-8/h5-6H,2-4H2,1H3. The number of esters is 1. The van der Waals surface area contributed by atoms with Crippen molar-refractivity contribution in [3.63, 3.8) is 0 Å². The molecule has 3 heteroatoms. The Morgan fingerprint density at radius 2 is 2.45 bits per heavy atom. The zero-order chi connectivity index (χ0) is 8.06. The molecule has 0 amide bonds. The number of hydrogen-bond acceptors (Lipinski definition) is 2. The first kappa shape index (κ1) is 7.59. The molecular weight excluding hydrogens is 208 g/mol. The Kier molecular flexibility index (Phi) is 1.53. The normalized spacial score (nSPS) is 49.1. The van der Waals surface area contributed by atoms with Gasteiger partial charge in [0.15, 0.2) is 0 Å². The molecule has 3 atom stereocenters. The minimum absolute atomic E-state index is 0.0168. The van der Waals surface area contributed by atoms with Gasteiger partial charge in [0.2, 0.25) is 0 Å². The van der Waals surface area contributed by atoms with Crippen molar-refractivity contribution < 1.29 is 9.53 Å². The fourth-order valence-corrected chi connectivity index (χ4v) is 3.27. The largest absolute Gasteiger partial charge is 0.459 e. The molecule has 0 spiro atoms. The maximum absolute atomic E-state index is 10.9. The van der Waals surface area contributed by atoms with Gasteiger partial charge in [-0.15, -0.1) is 0 Å². The predicted octanol–water partition coefficient (Wildman–Crippen LogP) is 1.87. The van der Waals surface area contributed by atoms with Crippen LogP contribution in [-0.2, 0) is 9.53 Å². The fraction of sp³-hybridized carbons (Fsp3) is 0.875. The van der Waals surface area contributed by atoms with Crippen LogP contribution in [0.5, 0.6) is 0 Å². The van der Waals surface area contributed by atoms with Gasteiger partial charge in [-0.3, -0.25) is 4.79 Å². The second-order valence-corrected chi connectivity index (χ2v) is 5.02. The molecule has 0 aromatic carbocycles. The minimum atomic E-state index is -0.148. The van der Waals surface area contributed by atoms with E-state index >= 15 is 0 Å². The Bertz CT molecular complexity index is 204. The summed E-state index contributed by atoms with van der Waals surface area (Å²) in [6, 6.07) is 0. The van der Waals surface area contributed by atoms with E-state index < -0.39 is 0 Å². The molecule has 1 saturated carbocycles. The van der Waals surface area contributed by atoms with E-state index in [0.717, 1.165) is 12.8 Å². The van der Waals surface area contributed by atoms with Crippen LogP contribution in [0.3, 0.4) is 0 Å². The molecule has 1 saturated heterocycles. The lowest BCUT2D eigenvalue weighted by Crippen LogP contribution is -2.26. The van der Waals surface area contributed by atoms with Gasteiger partial charge >= 0.3 is 5.97 Å². The third kappa shape index (κ3) is 1.10. The summed E-state index contributed by atoms with van der Waals surface area (Å²) in [5.74, 6) is 0.441. The fourth-order valence-electron chi connectivity index (χ4n) is 2.17. The number of carbonyl (C=O) groups is 1. The second-order valence-electron chi connectivity index (χ2n) is 3.72. The smallest absolute Gasteiger partial charge is 0.306 e. The average molecular weight is 219 g/mol. The van der Waals surface area contributed by atoms with Gasteiger partial charge in [-0.2, -0.15) is 0 Å². The highest BCUT2D eigenvalue weighted by Gasteiger charge is 2.51. The molecule has 2 rings (SSSR count). The third-order valence-corrected chi connectivity index (χ3v) is 3.49. The van der Waals surface area contributed by atoms with Crippen molar-refractivity contribution >= 4 is 21.9 Å². The molecule has 1 aliphatic heterocycles. The number of alkyl halides is 1. The summed E-state index contributed by atoms with van der Waals surface area (Å²) in [4.78, 5) is 11.5. The lowest BCUT2D eigenvalue weighted by Gasteiger charge is -2.21. The minimum Gasteiger partial charge on any atom is -0.459 e. The van der Waals surface area contributed by atoms with Crippen LogP contribution in [0.2, 0.25) is 0 Å². The zero-order valence-electron chi connectivity index (χ0n) is 6.47. The quantitative estimate of drug-likeness (QED) is 0.459. The maximum Gasteiger partial charge on any atom is 0.306 e. The number of halogens is 1. The van der Waals surface area contributed by atoms with Crippen LogP contribution < -0.4 is 0 Å². The molecule has 1 heterocycles. The van der Waals surface area contributed by atoms with Gasteiger partial charge in [-0.1, -0.05) is 15.9 Å². The van der Waals surface area contributed by atoms with Gasteiger partial charge in [0.1, 0.15) is 5.60 Å². The second kappa shape index (κ2) is 2.22. The highest BCUT2D eigenvalue weighted by atomic mass is 79.9. The zero-order valence-corrected chi connectivity index (χ0v) is 8.06. The van der Waals surface area contributed by atoms with Gasteiger partial charge in [0, 0.05) is 10.7 Å². The first-order valence-corrected chi connectivity index (χ1v) is 4.88. The Labute approximate surface area is 74.4 Å². The number of fused-ring (bicyclic) bond motifs is 1. The van der Waals surface area contributed by atoms with Gasteiger partial charge in [-0.25, -0.2) is 0 Å². The van der Waals surface area contributed by atoms with E-state index in [1.165, 1.54) is 0 Å². The molecule has 0 aromatic heterocycles. The van der Waals surface area contributed by atoms with Crippen LogP contribution in [0.4, 0.5) is 0 Å². The SMILES string of the molecule is CC12CC(Br)CC1CC(=O)O2. The van der Waals surface area contributed by atoms with Crippen LogP contribution in [0.1, 0.15) is 26.2 Å². The Balaban J connectivity index is 2.19. The highest BCUT2D eigenvalue weighted by Crippen LogP contribution is 2.47. The van der Waals surface area contributed by atoms with Crippen molar-refractivity contribution in [3.05, 3.63) is 0 Å². The van der Waals surface area contributed by atoms with Crippen molar-refractivity contribution in [2.75, 3.05) is 0 Å². The molecular formula is C8H11BrO2. The maximum atomic E-state index is 10.9. The predicted molar refractivity (Wildman–Crippen MR) is 44.6 cm³/mol. The van der Waals surface area contributed by atoms with E-state index in [1.54, 1.807) is 0 Å². The third-order valence-electron chi connectivity index (χ3n) is 2.79. The molecule has 1 aliphatic carbocycles.